The van der Waals surface area contributed by atoms with E-state index in [0.29, 0.717) is 25.8 Å². The van der Waals surface area contributed by atoms with Crippen LogP contribution in [0, 0.1) is 0 Å². The van der Waals surface area contributed by atoms with E-state index >= 15 is 0 Å². The first-order chi connectivity index (χ1) is 8.99. The highest BCUT2D eigenvalue weighted by atomic mass is 79.9. The summed E-state index contributed by atoms with van der Waals surface area (Å²) in [6, 6.07) is 9.99. The number of nitrogens with two attached hydrogens (primary N) is 1. The number of hydrogen-bond acceptors (Lipinski definition) is 2. The maximum Gasteiger partial charge on any atom is 0.257 e. The van der Waals surface area contributed by atoms with Gasteiger partial charge in [0.1, 0.15) is 0 Å². The Hall–Kier alpha value is -1.23. The number of carbonyl (C=O) groups is 1. The van der Waals surface area contributed by atoms with E-state index in [1.807, 2.05) is 0 Å². The molecule has 3 nitrogen and oxygen atoms in total. The van der Waals surface area contributed by atoms with Gasteiger partial charge in [0.15, 0.2) is 0 Å². The summed E-state index contributed by atoms with van der Waals surface area (Å²) in [5.41, 5.74) is 6.96. The summed E-state index contributed by atoms with van der Waals surface area (Å²) >= 11 is 15.0. The van der Waals surface area contributed by atoms with E-state index in [9.17, 15) is 4.79 Å². The summed E-state index contributed by atoms with van der Waals surface area (Å²) in [5, 5.41) is 3.66. The van der Waals surface area contributed by atoms with Gasteiger partial charge in [-0.25, -0.2) is 0 Å². The molecule has 1 amide bonds. The normalized spacial score (nSPS) is 10.3. The molecule has 2 aromatic rings. The lowest BCUT2D eigenvalue weighted by atomic mass is 10.1. The number of amides is 1. The van der Waals surface area contributed by atoms with E-state index in [2.05, 4.69) is 21.2 Å². The maximum absolute atomic E-state index is 12.1. The van der Waals surface area contributed by atoms with E-state index in [1.54, 1.807) is 36.4 Å². The molecule has 0 radical (unpaired) electrons. The molecule has 3 N–H and O–H groups in total. The SMILES string of the molecule is Nc1c(Cl)cccc1C(=O)Nc1ccc(Cl)cc1Br. The number of carbonyl (C=O) groups excluding carboxylic acids is 1. The van der Waals surface area contributed by atoms with Gasteiger partial charge < -0.3 is 11.1 Å². The lowest BCUT2D eigenvalue weighted by Crippen LogP contribution is -2.14. The molecule has 0 aromatic heterocycles. The van der Waals surface area contributed by atoms with Crippen LogP contribution >= 0.6 is 39.1 Å². The Balaban J connectivity index is 2.28. The Kier molecular flexibility index (Phi) is 4.34. The van der Waals surface area contributed by atoms with Gasteiger partial charge in [-0.2, -0.15) is 0 Å². The smallest absolute Gasteiger partial charge is 0.257 e. The highest BCUT2D eigenvalue weighted by molar-refractivity contribution is 9.10. The number of anilines is 2. The molecule has 0 aliphatic rings. The second-order valence-electron chi connectivity index (χ2n) is 3.78. The van der Waals surface area contributed by atoms with Gasteiger partial charge in [-0.3, -0.25) is 4.79 Å². The minimum absolute atomic E-state index is 0.256. The average Bonchev–Trinajstić information content (AvgIpc) is 2.36. The maximum atomic E-state index is 12.1. The second-order valence-corrected chi connectivity index (χ2v) is 5.48. The van der Waals surface area contributed by atoms with Gasteiger partial charge in [-0.05, 0) is 46.3 Å². The summed E-state index contributed by atoms with van der Waals surface area (Å²) in [6.45, 7) is 0. The zero-order valence-electron chi connectivity index (χ0n) is 9.58. The van der Waals surface area contributed by atoms with Crippen LogP contribution in [-0.4, -0.2) is 5.91 Å². The number of nitrogen functional groups attached to an aromatic ring is 1. The molecular weight excluding hydrogens is 351 g/mol. The largest absolute Gasteiger partial charge is 0.397 e. The molecule has 0 fully saturated rings. The summed E-state index contributed by atoms with van der Waals surface area (Å²) in [5.74, 6) is -0.331. The molecule has 0 spiro atoms. The van der Waals surface area contributed by atoms with Crippen LogP contribution in [0.3, 0.4) is 0 Å². The predicted molar refractivity (Wildman–Crippen MR) is 83.0 cm³/mol. The highest BCUT2D eigenvalue weighted by Gasteiger charge is 2.13. The van der Waals surface area contributed by atoms with Crippen LogP contribution in [0.5, 0.6) is 0 Å². The van der Waals surface area contributed by atoms with Gasteiger partial charge in [0, 0.05) is 9.50 Å². The number of para-hydroxylation sites is 1. The van der Waals surface area contributed by atoms with Crippen molar-refractivity contribution >= 4 is 56.4 Å². The molecule has 0 unspecified atom stereocenters. The zero-order valence-corrected chi connectivity index (χ0v) is 12.7. The average molecular weight is 360 g/mol. The van der Waals surface area contributed by atoms with Gasteiger partial charge in [0.05, 0.1) is 22.0 Å². The Labute approximate surface area is 128 Å². The first-order valence-corrected chi connectivity index (χ1v) is 6.84. The van der Waals surface area contributed by atoms with Crippen molar-refractivity contribution in [3.63, 3.8) is 0 Å². The Morgan fingerprint density at radius 1 is 1.21 bits per heavy atom. The molecule has 0 saturated carbocycles. The van der Waals surface area contributed by atoms with Crippen LogP contribution in [0.1, 0.15) is 10.4 Å². The van der Waals surface area contributed by atoms with Gasteiger partial charge in [-0.1, -0.05) is 29.3 Å². The summed E-state index contributed by atoms with van der Waals surface area (Å²) < 4.78 is 0.689. The van der Waals surface area contributed by atoms with Crippen molar-refractivity contribution in [1.29, 1.82) is 0 Å². The van der Waals surface area contributed by atoms with Crippen molar-refractivity contribution in [3.05, 3.63) is 56.5 Å². The summed E-state index contributed by atoms with van der Waals surface area (Å²) in [4.78, 5) is 12.1. The highest BCUT2D eigenvalue weighted by Crippen LogP contribution is 2.28. The van der Waals surface area contributed by atoms with Crippen LogP contribution in [0.15, 0.2) is 40.9 Å². The third kappa shape index (κ3) is 3.21. The van der Waals surface area contributed by atoms with Gasteiger partial charge in [0.25, 0.3) is 5.91 Å². The molecule has 19 heavy (non-hydrogen) atoms. The van der Waals surface area contributed by atoms with Crippen molar-refractivity contribution in [2.24, 2.45) is 0 Å². The fourth-order valence-corrected chi connectivity index (χ4v) is 2.47. The topological polar surface area (TPSA) is 55.1 Å². The number of benzene rings is 2. The molecule has 6 heteroatoms. The molecule has 0 aliphatic carbocycles. The van der Waals surface area contributed by atoms with Crippen molar-refractivity contribution in [3.8, 4) is 0 Å². The first kappa shape index (κ1) is 14.2. The Morgan fingerprint density at radius 2 is 1.95 bits per heavy atom. The third-order valence-electron chi connectivity index (χ3n) is 2.48. The van der Waals surface area contributed by atoms with Crippen LogP contribution in [0.2, 0.25) is 10.0 Å². The van der Waals surface area contributed by atoms with E-state index < -0.39 is 0 Å². The number of rotatable bonds is 2. The van der Waals surface area contributed by atoms with Gasteiger partial charge >= 0.3 is 0 Å². The van der Waals surface area contributed by atoms with Crippen molar-refractivity contribution in [2.45, 2.75) is 0 Å². The Morgan fingerprint density at radius 3 is 2.63 bits per heavy atom. The predicted octanol–water partition coefficient (Wildman–Crippen LogP) is 4.59. The van der Waals surface area contributed by atoms with E-state index in [-0.39, 0.29) is 11.6 Å². The molecule has 0 saturated heterocycles. The molecule has 98 valence electrons. The fraction of sp³-hybridized carbons (Fsp3) is 0. The molecule has 2 rings (SSSR count). The Bertz CT molecular complexity index is 647. The van der Waals surface area contributed by atoms with Crippen LogP contribution in [-0.2, 0) is 0 Å². The van der Waals surface area contributed by atoms with Crippen LogP contribution in [0.4, 0.5) is 11.4 Å². The monoisotopic (exact) mass is 358 g/mol. The van der Waals surface area contributed by atoms with Crippen molar-refractivity contribution in [2.75, 3.05) is 11.1 Å². The van der Waals surface area contributed by atoms with E-state index in [0.717, 1.165) is 0 Å². The molecule has 0 heterocycles. The minimum Gasteiger partial charge on any atom is -0.397 e. The zero-order chi connectivity index (χ0) is 14.0. The van der Waals surface area contributed by atoms with Crippen molar-refractivity contribution < 1.29 is 4.79 Å². The van der Waals surface area contributed by atoms with Crippen LogP contribution < -0.4 is 11.1 Å². The first-order valence-electron chi connectivity index (χ1n) is 5.29. The second kappa shape index (κ2) is 5.82. The summed E-state index contributed by atoms with van der Waals surface area (Å²) in [7, 11) is 0. The third-order valence-corrected chi connectivity index (χ3v) is 3.70. The molecular formula is C13H9BrCl2N2O. The lowest BCUT2D eigenvalue weighted by molar-refractivity contribution is 0.102. The quantitative estimate of drug-likeness (QED) is 0.770. The number of halogens is 3. The van der Waals surface area contributed by atoms with Gasteiger partial charge in [-0.15, -0.1) is 0 Å². The van der Waals surface area contributed by atoms with Gasteiger partial charge in [0.2, 0.25) is 0 Å². The molecule has 0 aliphatic heterocycles. The van der Waals surface area contributed by atoms with E-state index in [4.69, 9.17) is 28.9 Å². The number of nitrogens with one attached hydrogen (secondary N) is 1. The van der Waals surface area contributed by atoms with Crippen LogP contribution in [0.25, 0.3) is 0 Å². The number of hydrogen-bond donors (Lipinski definition) is 2. The minimum atomic E-state index is -0.331. The molecule has 0 bridgehead atoms. The summed E-state index contributed by atoms with van der Waals surface area (Å²) in [6.07, 6.45) is 0. The molecule has 2 aromatic carbocycles. The fourth-order valence-electron chi connectivity index (χ4n) is 1.52. The van der Waals surface area contributed by atoms with Crippen molar-refractivity contribution in [1.82, 2.24) is 0 Å². The lowest BCUT2D eigenvalue weighted by Gasteiger charge is -2.10. The van der Waals surface area contributed by atoms with E-state index in [1.165, 1.54) is 0 Å². The standard InChI is InChI=1S/C13H9BrCl2N2O/c14-9-6-7(15)4-5-11(9)18-13(19)8-2-1-3-10(16)12(8)17/h1-6H,17H2,(H,18,19). The molecule has 0 atom stereocenters.